The molecule has 0 spiro atoms. The van der Waals surface area contributed by atoms with Crippen LogP contribution in [0.15, 0.2) is 51.8 Å². The van der Waals surface area contributed by atoms with Crippen LogP contribution in [0.1, 0.15) is 15.9 Å². The molecular weight excluding hydrogens is 352 g/mol. The van der Waals surface area contributed by atoms with Crippen molar-refractivity contribution < 1.29 is 14.6 Å². The Balaban J connectivity index is 1.85. The lowest BCUT2D eigenvalue weighted by atomic mass is 10.1. The molecule has 3 nitrogen and oxygen atoms in total. The van der Waals surface area contributed by atoms with Gasteiger partial charge in [-0.1, -0.05) is 22.0 Å². The molecule has 0 atom stereocenters. The molecule has 0 bridgehead atoms. The van der Waals surface area contributed by atoms with Gasteiger partial charge in [0.15, 0.2) is 0 Å². The molecule has 21 heavy (non-hydrogen) atoms. The van der Waals surface area contributed by atoms with Crippen LogP contribution in [-0.4, -0.2) is 23.4 Å². The van der Waals surface area contributed by atoms with E-state index in [2.05, 4.69) is 15.9 Å². The molecule has 0 saturated heterocycles. The molecular formula is C16H15BrO3S. The van der Waals surface area contributed by atoms with E-state index in [1.54, 1.807) is 24.8 Å². The number of aryl methyl sites for hydroxylation is 1. The maximum absolute atomic E-state index is 11.1. The molecule has 110 valence electrons. The van der Waals surface area contributed by atoms with Crippen molar-refractivity contribution in [3.05, 3.63) is 58.1 Å². The molecule has 0 aliphatic rings. The van der Waals surface area contributed by atoms with E-state index in [1.165, 1.54) is 0 Å². The van der Waals surface area contributed by atoms with Crippen molar-refractivity contribution in [1.82, 2.24) is 0 Å². The molecule has 0 aromatic heterocycles. The standard InChI is InChI=1S/C16H15BrO3S/c1-11-2-7-14(10-15(11)16(18)19)21-9-8-20-13-5-3-12(17)4-6-13/h2-7,10H,8-9H2,1H3,(H,18,19). The number of aromatic carboxylic acids is 1. The van der Waals surface area contributed by atoms with Gasteiger partial charge in [-0.2, -0.15) is 0 Å². The van der Waals surface area contributed by atoms with Gasteiger partial charge in [0.05, 0.1) is 12.2 Å². The second kappa shape index (κ2) is 7.52. The molecule has 0 amide bonds. The van der Waals surface area contributed by atoms with Crippen molar-refractivity contribution in [2.75, 3.05) is 12.4 Å². The fourth-order valence-electron chi connectivity index (χ4n) is 1.77. The number of hydrogen-bond acceptors (Lipinski definition) is 3. The summed E-state index contributed by atoms with van der Waals surface area (Å²) in [6.07, 6.45) is 0. The Kier molecular flexibility index (Phi) is 5.70. The molecule has 2 aromatic rings. The molecule has 0 aliphatic heterocycles. The summed E-state index contributed by atoms with van der Waals surface area (Å²) < 4.78 is 6.64. The normalized spacial score (nSPS) is 10.4. The summed E-state index contributed by atoms with van der Waals surface area (Å²) in [4.78, 5) is 12.0. The minimum atomic E-state index is -0.888. The lowest BCUT2D eigenvalue weighted by molar-refractivity contribution is 0.0696. The van der Waals surface area contributed by atoms with E-state index in [4.69, 9.17) is 9.84 Å². The van der Waals surface area contributed by atoms with E-state index in [9.17, 15) is 4.79 Å². The van der Waals surface area contributed by atoms with Crippen LogP contribution in [0, 0.1) is 6.92 Å². The molecule has 0 aliphatic carbocycles. The molecule has 2 aromatic carbocycles. The highest BCUT2D eigenvalue weighted by Gasteiger charge is 2.07. The summed E-state index contributed by atoms with van der Waals surface area (Å²) in [7, 11) is 0. The number of carboxylic acids is 1. The third kappa shape index (κ3) is 4.79. The largest absolute Gasteiger partial charge is 0.493 e. The second-order valence-corrected chi connectivity index (χ2v) is 6.52. The molecule has 0 fully saturated rings. The molecule has 5 heteroatoms. The monoisotopic (exact) mass is 366 g/mol. The van der Waals surface area contributed by atoms with E-state index in [1.807, 2.05) is 36.4 Å². The van der Waals surface area contributed by atoms with Crippen LogP contribution in [-0.2, 0) is 0 Å². The van der Waals surface area contributed by atoms with Gasteiger partial charge >= 0.3 is 5.97 Å². The number of hydrogen-bond donors (Lipinski definition) is 1. The van der Waals surface area contributed by atoms with Gasteiger partial charge in [-0.3, -0.25) is 0 Å². The van der Waals surface area contributed by atoms with Gasteiger partial charge in [-0.25, -0.2) is 4.79 Å². The van der Waals surface area contributed by atoms with Crippen LogP contribution in [0.2, 0.25) is 0 Å². The average Bonchev–Trinajstić information content (AvgIpc) is 2.46. The topological polar surface area (TPSA) is 46.5 Å². The van der Waals surface area contributed by atoms with Gasteiger partial charge in [0, 0.05) is 15.1 Å². The number of benzene rings is 2. The summed E-state index contributed by atoms with van der Waals surface area (Å²) in [5, 5.41) is 9.09. The van der Waals surface area contributed by atoms with Gasteiger partial charge < -0.3 is 9.84 Å². The first-order valence-corrected chi connectivity index (χ1v) is 8.19. The first-order valence-electron chi connectivity index (χ1n) is 6.41. The number of ether oxygens (including phenoxy) is 1. The van der Waals surface area contributed by atoms with Gasteiger partial charge in [0.2, 0.25) is 0 Å². The molecule has 0 radical (unpaired) electrons. The summed E-state index contributed by atoms with van der Waals surface area (Å²) >= 11 is 4.96. The van der Waals surface area contributed by atoms with Crippen molar-refractivity contribution in [1.29, 1.82) is 0 Å². The predicted octanol–water partition coefficient (Wildman–Crippen LogP) is 4.63. The highest BCUT2D eigenvalue weighted by atomic mass is 79.9. The minimum absolute atomic E-state index is 0.355. The zero-order valence-electron chi connectivity index (χ0n) is 11.5. The zero-order valence-corrected chi connectivity index (χ0v) is 13.9. The van der Waals surface area contributed by atoms with Crippen molar-refractivity contribution in [3.8, 4) is 5.75 Å². The summed E-state index contributed by atoms with van der Waals surface area (Å²) in [5.74, 6) is 0.702. The predicted molar refractivity (Wildman–Crippen MR) is 88.5 cm³/mol. The Hall–Kier alpha value is -1.46. The van der Waals surface area contributed by atoms with Crippen molar-refractivity contribution in [2.24, 2.45) is 0 Å². The average molecular weight is 367 g/mol. The first kappa shape index (κ1) is 15.9. The molecule has 0 heterocycles. The van der Waals surface area contributed by atoms with Crippen molar-refractivity contribution in [2.45, 2.75) is 11.8 Å². The fourth-order valence-corrected chi connectivity index (χ4v) is 2.80. The lowest BCUT2D eigenvalue weighted by Crippen LogP contribution is -2.01. The lowest BCUT2D eigenvalue weighted by Gasteiger charge is -2.07. The van der Waals surface area contributed by atoms with Crippen LogP contribution in [0.3, 0.4) is 0 Å². The molecule has 2 rings (SSSR count). The Morgan fingerprint density at radius 3 is 2.62 bits per heavy atom. The van der Waals surface area contributed by atoms with E-state index < -0.39 is 5.97 Å². The maximum Gasteiger partial charge on any atom is 0.335 e. The molecule has 1 N–H and O–H groups in total. The van der Waals surface area contributed by atoms with Crippen molar-refractivity contribution in [3.63, 3.8) is 0 Å². The minimum Gasteiger partial charge on any atom is -0.493 e. The van der Waals surface area contributed by atoms with E-state index >= 15 is 0 Å². The molecule has 0 unspecified atom stereocenters. The number of halogens is 1. The van der Waals surface area contributed by atoms with Gasteiger partial charge in [0.1, 0.15) is 5.75 Å². The van der Waals surface area contributed by atoms with E-state index in [-0.39, 0.29) is 0 Å². The van der Waals surface area contributed by atoms with E-state index in [0.717, 1.165) is 26.4 Å². The third-order valence-corrected chi connectivity index (χ3v) is 4.36. The number of carboxylic acid groups (broad SMARTS) is 1. The van der Waals surface area contributed by atoms with Crippen LogP contribution < -0.4 is 4.74 Å². The van der Waals surface area contributed by atoms with Crippen LogP contribution >= 0.6 is 27.7 Å². The summed E-state index contributed by atoms with van der Waals surface area (Å²) in [5.41, 5.74) is 1.13. The van der Waals surface area contributed by atoms with Crippen LogP contribution in [0.25, 0.3) is 0 Å². The Morgan fingerprint density at radius 2 is 1.95 bits per heavy atom. The fraction of sp³-hybridized carbons (Fsp3) is 0.188. The van der Waals surface area contributed by atoms with Gasteiger partial charge in [-0.05, 0) is 48.9 Å². The maximum atomic E-state index is 11.1. The molecule has 0 saturated carbocycles. The summed E-state index contributed by atoms with van der Waals surface area (Å²) in [6.45, 7) is 2.37. The Labute approximate surface area is 136 Å². The van der Waals surface area contributed by atoms with Crippen LogP contribution in [0.5, 0.6) is 5.75 Å². The summed E-state index contributed by atoms with van der Waals surface area (Å²) in [6, 6.07) is 13.2. The Morgan fingerprint density at radius 1 is 1.24 bits per heavy atom. The third-order valence-electron chi connectivity index (χ3n) is 2.87. The highest BCUT2D eigenvalue weighted by Crippen LogP contribution is 2.22. The number of thioether (sulfide) groups is 1. The number of carbonyl (C=O) groups is 1. The Bertz CT molecular complexity index is 626. The van der Waals surface area contributed by atoms with Crippen molar-refractivity contribution >= 4 is 33.7 Å². The van der Waals surface area contributed by atoms with E-state index in [0.29, 0.717) is 12.2 Å². The second-order valence-electron chi connectivity index (χ2n) is 4.43. The zero-order chi connectivity index (χ0) is 15.2. The SMILES string of the molecule is Cc1ccc(SCCOc2ccc(Br)cc2)cc1C(=O)O. The highest BCUT2D eigenvalue weighted by molar-refractivity contribution is 9.10. The van der Waals surface area contributed by atoms with Crippen LogP contribution in [0.4, 0.5) is 0 Å². The first-order chi connectivity index (χ1) is 10.1. The van der Waals surface area contributed by atoms with Gasteiger partial charge in [0.25, 0.3) is 0 Å². The van der Waals surface area contributed by atoms with Gasteiger partial charge in [-0.15, -0.1) is 11.8 Å². The smallest absolute Gasteiger partial charge is 0.335 e. The quantitative estimate of drug-likeness (QED) is 0.598. The number of rotatable bonds is 6.